The molecule has 0 spiro atoms. The number of aromatic nitrogens is 5. The van der Waals surface area contributed by atoms with E-state index in [-0.39, 0.29) is 21.1 Å². The third-order valence-corrected chi connectivity index (χ3v) is 6.48. The first-order valence-corrected chi connectivity index (χ1v) is 11.0. The average Bonchev–Trinajstić information content (AvgIpc) is 3.39. The Labute approximate surface area is 181 Å². The van der Waals surface area contributed by atoms with Crippen LogP contribution in [0.2, 0.25) is 0 Å². The smallest absolute Gasteiger partial charge is 0.236 e. The second-order valence-corrected chi connectivity index (χ2v) is 8.81. The molecule has 3 heterocycles. The molecule has 1 aliphatic rings. The van der Waals surface area contributed by atoms with Gasteiger partial charge in [-0.3, -0.25) is 14.3 Å². The summed E-state index contributed by atoms with van der Waals surface area (Å²) >= 11 is 2.08. The third kappa shape index (κ3) is 3.88. The van der Waals surface area contributed by atoms with Gasteiger partial charge in [0.15, 0.2) is 33.6 Å². The highest BCUT2D eigenvalue weighted by Crippen LogP contribution is 2.41. The van der Waals surface area contributed by atoms with Crippen molar-refractivity contribution in [1.82, 2.24) is 24.7 Å². The first-order valence-electron chi connectivity index (χ1n) is 9.23. The Morgan fingerprint density at radius 2 is 1.97 bits per heavy atom. The zero-order chi connectivity index (χ0) is 21.5. The zero-order valence-electron chi connectivity index (χ0n) is 15.7. The zero-order valence-corrected chi connectivity index (χ0v) is 17.3. The Bertz CT molecular complexity index is 1290. The summed E-state index contributed by atoms with van der Waals surface area (Å²) in [7, 11) is 0. The molecule has 4 aromatic rings. The molecule has 1 amide bonds. The molecule has 0 saturated heterocycles. The van der Waals surface area contributed by atoms with Gasteiger partial charge in [0.1, 0.15) is 5.52 Å². The Balaban J connectivity index is 1.31. The van der Waals surface area contributed by atoms with Gasteiger partial charge in [0.2, 0.25) is 5.91 Å². The van der Waals surface area contributed by atoms with Crippen molar-refractivity contribution in [2.24, 2.45) is 0 Å². The van der Waals surface area contributed by atoms with Gasteiger partial charge in [0, 0.05) is 24.0 Å². The maximum absolute atomic E-state index is 13.8. The molecule has 7 nitrogen and oxygen atoms in total. The molecule has 5 rings (SSSR count). The molecule has 1 N–H and O–H groups in total. The van der Waals surface area contributed by atoms with Crippen molar-refractivity contribution in [2.75, 3.05) is 11.1 Å². The monoisotopic (exact) mass is 462 g/mol. The molecule has 0 aliphatic heterocycles. The number of anilines is 1. The minimum absolute atomic E-state index is 0.0162. The van der Waals surface area contributed by atoms with Crippen molar-refractivity contribution >= 4 is 44.4 Å². The third-order valence-electron chi connectivity index (χ3n) is 4.62. The fourth-order valence-corrected chi connectivity index (χ4v) is 4.76. The Morgan fingerprint density at radius 3 is 2.71 bits per heavy atom. The maximum Gasteiger partial charge on any atom is 0.236 e. The van der Waals surface area contributed by atoms with Crippen LogP contribution in [0.25, 0.3) is 21.6 Å². The number of thiazole rings is 1. The first kappa shape index (κ1) is 19.9. The topological polar surface area (TPSA) is 85.6 Å². The summed E-state index contributed by atoms with van der Waals surface area (Å²) in [4.78, 5) is 20.3. The summed E-state index contributed by atoms with van der Waals surface area (Å²) in [5.41, 5.74) is 0.573. The molecule has 3 aromatic heterocycles. The lowest BCUT2D eigenvalue weighted by Gasteiger charge is -2.08. The van der Waals surface area contributed by atoms with Crippen LogP contribution < -0.4 is 5.32 Å². The summed E-state index contributed by atoms with van der Waals surface area (Å²) in [6.45, 7) is 0. The van der Waals surface area contributed by atoms with Crippen LogP contribution >= 0.6 is 23.1 Å². The van der Waals surface area contributed by atoms with Crippen LogP contribution in [0.4, 0.5) is 18.3 Å². The summed E-state index contributed by atoms with van der Waals surface area (Å²) < 4.78 is 42.7. The number of nitrogens with one attached hydrogen (secondary N) is 1. The van der Waals surface area contributed by atoms with Crippen LogP contribution in [0.5, 0.6) is 0 Å². The van der Waals surface area contributed by atoms with E-state index < -0.39 is 23.4 Å². The molecule has 1 aromatic carbocycles. The van der Waals surface area contributed by atoms with Gasteiger partial charge in [-0.25, -0.2) is 18.2 Å². The molecular weight excluding hydrogens is 449 g/mol. The number of amides is 1. The number of nitrogens with zero attached hydrogens (tertiary/aromatic N) is 5. The second kappa shape index (κ2) is 7.93. The molecule has 1 aliphatic carbocycles. The first-order chi connectivity index (χ1) is 15.0. The fourth-order valence-electron chi connectivity index (χ4n) is 3.05. The SMILES string of the molecule is O=C(CSc1nnc(-c2ccncc2)n1C1CC1)Nc1nc2c(F)c(F)c(F)cc2s1. The molecule has 0 radical (unpaired) electrons. The molecule has 0 atom stereocenters. The molecule has 1 saturated carbocycles. The number of thioether (sulfide) groups is 1. The van der Waals surface area contributed by atoms with Crippen LogP contribution in [0.1, 0.15) is 18.9 Å². The lowest BCUT2D eigenvalue weighted by molar-refractivity contribution is -0.113. The van der Waals surface area contributed by atoms with Gasteiger partial charge in [0.25, 0.3) is 0 Å². The molecule has 158 valence electrons. The highest BCUT2D eigenvalue weighted by Gasteiger charge is 2.30. The predicted octanol–water partition coefficient (Wildman–Crippen LogP) is 4.43. The summed E-state index contributed by atoms with van der Waals surface area (Å²) in [5, 5.41) is 11.7. The average molecular weight is 462 g/mol. The number of halogens is 3. The molecule has 0 unspecified atom stereocenters. The van der Waals surface area contributed by atoms with Gasteiger partial charge in [-0.15, -0.1) is 10.2 Å². The number of fused-ring (bicyclic) bond motifs is 1. The van der Waals surface area contributed by atoms with E-state index in [0.717, 1.165) is 41.6 Å². The number of hydrogen-bond acceptors (Lipinski definition) is 7. The maximum atomic E-state index is 13.8. The van der Waals surface area contributed by atoms with Gasteiger partial charge in [0.05, 0.1) is 10.5 Å². The van der Waals surface area contributed by atoms with Crippen molar-refractivity contribution in [1.29, 1.82) is 0 Å². The van der Waals surface area contributed by atoms with Crippen molar-refractivity contribution in [3.8, 4) is 11.4 Å². The molecule has 1 fully saturated rings. The van der Waals surface area contributed by atoms with Gasteiger partial charge in [-0.1, -0.05) is 23.1 Å². The normalized spacial score (nSPS) is 13.6. The quantitative estimate of drug-likeness (QED) is 0.337. The van der Waals surface area contributed by atoms with E-state index in [1.807, 2.05) is 16.7 Å². The molecular formula is C19H13F3N6OS2. The van der Waals surface area contributed by atoms with E-state index in [9.17, 15) is 18.0 Å². The van der Waals surface area contributed by atoms with Gasteiger partial charge in [-0.05, 0) is 31.0 Å². The lowest BCUT2D eigenvalue weighted by atomic mass is 10.2. The Morgan fingerprint density at radius 1 is 1.19 bits per heavy atom. The minimum Gasteiger partial charge on any atom is -0.301 e. The van der Waals surface area contributed by atoms with Crippen LogP contribution in [-0.2, 0) is 4.79 Å². The van der Waals surface area contributed by atoms with Crippen molar-refractivity contribution in [2.45, 2.75) is 24.0 Å². The number of rotatable bonds is 6. The Hall–Kier alpha value is -2.99. The second-order valence-electron chi connectivity index (χ2n) is 6.83. The molecule has 31 heavy (non-hydrogen) atoms. The van der Waals surface area contributed by atoms with Crippen LogP contribution in [0.15, 0.2) is 35.7 Å². The van der Waals surface area contributed by atoms with E-state index in [0.29, 0.717) is 11.2 Å². The number of carbonyl (C=O) groups excluding carboxylic acids is 1. The van der Waals surface area contributed by atoms with Gasteiger partial charge >= 0.3 is 0 Å². The number of pyridine rings is 1. The summed E-state index contributed by atoms with van der Waals surface area (Å²) in [5.74, 6) is -3.92. The lowest BCUT2D eigenvalue weighted by Crippen LogP contribution is -2.14. The van der Waals surface area contributed by atoms with E-state index in [1.54, 1.807) is 12.4 Å². The van der Waals surface area contributed by atoms with E-state index in [2.05, 4.69) is 25.5 Å². The van der Waals surface area contributed by atoms with E-state index >= 15 is 0 Å². The molecule has 0 bridgehead atoms. The van der Waals surface area contributed by atoms with Crippen molar-refractivity contribution in [3.63, 3.8) is 0 Å². The van der Waals surface area contributed by atoms with E-state index in [1.165, 1.54) is 11.8 Å². The van der Waals surface area contributed by atoms with Crippen LogP contribution in [0.3, 0.4) is 0 Å². The minimum atomic E-state index is -1.59. The van der Waals surface area contributed by atoms with Crippen LogP contribution in [0, 0.1) is 17.5 Å². The number of hydrogen-bond donors (Lipinski definition) is 1. The fraction of sp³-hybridized carbons (Fsp3) is 0.211. The summed E-state index contributed by atoms with van der Waals surface area (Å²) in [6.07, 6.45) is 5.39. The predicted molar refractivity (Wildman–Crippen MR) is 110 cm³/mol. The van der Waals surface area contributed by atoms with Gasteiger partial charge < -0.3 is 5.32 Å². The standard InChI is InChI=1S/C19H13F3N6OS2/c20-11-7-12-16(15(22)14(11)21)25-18(31-12)24-13(29)8-30-19-27-26-17(28(19)10-1-2-10)9-3-5-23-6-4-9/h3-7,10H,1-2,8H2,(H,24,25,29). The highest BCUT2D eigenvalue weighted by atomic mass is 32.2. The Kier molecular flexibility index (Phi) is 5.10. The van der Waals surface area contributed by atoms with Crippen molar-refractivity contribution < 1.29 is 18.0 Å². The number of carbonyl (C=O) groups is 1. The van der Waals surface area contributed by atoms with E-state index in [4.69, 9.17) is 0 Å². The highest BCUT2D eigenvalue weighted by molar-refractivity contribution is 7.99. The largest absolute Gasteiger partial charge is 0.301 e. The van der Waals surface area contributed by atoms with Crippen molar-refractivity contribution in [3.05, 3.63) is 48.0 Å². The molecule has 12 heteroatoms. The summed E-state index contributed by atoms with van der Waals surface area (Å²) in [6, 6.07) is 4.85. The number of benzene rings is 1. The van der Waals surface area contributed by atoms with Gasteiger partial charge in [-0.2, -0.15) is 0 Å². The van der Waals surface area contributed by atoms with Crippen LogP contribution in [-0.4, -0.2) is 36.4 Å².